The number of aromatic nitrogens is 2. The summed E-state index contributed by atoms with van der Waals surface area (Å²) in [6.07, 6.45) is 5.58. The first-order valence-corrected chi connectivity index (χ1v) is 8.67. The van der Waals surface area contributed by atoms with E-state index in [-0.39, 0.29) is 6.10 Å². The average molecular weight is 332 g/mol. The first-order valence-electron chi connectivity index (χ1n) is 8.67. The van der Waals surface area contributed by atoms with Gasteiger partial charge < -0.3 is 18.5 Å². The predicted octanol–water partition coefficient (Wildman–Crippen LogP) is 2.01. The van der Waals surface area contributed by atoms with E-state index < -0.39 is 0 Å². The molecular formula is C17H24N4O3. The van der Waals surface area contributed by atoms with E-state index in [1.54, 1.807) is 13.4 Å². The number of ether oxygens (including phenoxy) is 1. The van der Waals surface area contributed by atoms with Crippen LogP contribution in [0.3, 0.4) is 0 Å². The molecule has 0 aromatic carbocycles. The summed E-state index contributed by atoms with van der Waals surface area (Å²) in [5.74, 6) is 1.68. The topological polar surface area (TPSA) is 67.8 Å². The quantitative estimate of drug-likeness (QED) is 0.801. The Bertz CT molecular complexity index is 636. The zero-order valence-electron chi connectivity index (χ0n) is 14.1. The lowest BCUT2D eigenvalue weighted by molar-refractivity contribution is 0.105. The smallest absolute Gasteiger partial charge is 0.283 e. The fraction of sp³-hybridized carbons (Fsp3) is 0.647. The Balaban J connectivity index is 1.42. The molecule has 0 unspecified atom stereocenters. The fourth-order valence-electron chi connectivity index (χ4n) is 3.75. The van der Waals surface area contributed by atoms with Gasteiger partial charge in [-0.15, -0.1) is 10.2 Å². The lowest BCUT2D eigenvalue weighted by Gasteiger charge is -2.26. The van der Waals surface area contributed by atoms with E-state index in [1.165, 1.54) is 25.9 Å². The van der Waals surface area contributed by atoms with Crippen molar-refractivity contribution in [1.29, 1.82) is 0 Å². The van der Waals surface area contributed by atoms with Crippen molar-refractivity contribution in [3.05, 3.63) is 24.3 Å². The van der Waals surface area contributed by atoms with E-state index in [2.05, 4.69) is 20.0 Å². The predicted molar refractivity (Wildman–Crippen MR) is 87.3 cm³/mol. The molecule has 2 atom stereocenters. The number of rotatable bonds is 6. The second-order valence-corrected chi connectivity index (χ2v) is 6.66. The van der Waals surface area contributed by atoms with Crippen molar-refractivity contribution in [3.8, 4) is 11.7 Å². The van der Waals surface area contributed by atoms with Gasteiger partial charge in [-0.2, -0.15) is 0 Å². The highest BCUT2D eigenvalue weighted by Crippen LogP contribution is 2.25. The Morgan fingerprint density at radius 1 is 1.29 bits per heavy atom. The molecule has 130 valence electrons. The third kappa shape index (κ3) is 3.38. The average Bonchev–Trinajstić information content (AvgIpc) is 3.36. The largest absolute Gasteiger partial charge is 0.459 e. The molecule has 0 radical (unpaired) electrons. The highest BCUT2D eigenvalue weighted by Gasteiger charge is 2.34. The molecule has 2 aliphatic rings. The van der Waals surface area contributed by atoms with Crippen LogP contribution >= 0.6 is 0 Å². The van der Waals surface area contributed by atoms with E-state index >= 15 is 0 Å². The number of hydrogen-bond acceptors (Lipinski definition) is 7. The molecule has 7 nitrogen and oxygen atoms in total. The second kappa shape index (κ2) is 7.04. The number of hydrogen-bond donors (Lipinski definition) is 0. The van der Waals surface area contributed by atoms with Gasteiger partial charge in [0, 0.05) is 26.2 Å². The monoisotopic (exact) mass is 332 g/mol. The Kier molecular flexibility index (Phi) is 4.64. The van der Waals surface area contributed by atoms with Crippen LogP contribution in [0.5, 0.6) is 0 Å². The van der Waals surface area contributed by atoms with Gasteiger partial charge in [0.2, 0.25) is 5.89 Å². The number of furan rings is 1. The van der Waals surface area contributed by atoms with Crippen molar-refractivity contribution in [2.45, 2.75) is 38.0 Å². The summed E-state index contributed by atoms with van der Waals surface area (Å²) in [5, 5.41) is 8.27. The fourth-order valence-corrected chi connectivity index (χ4v) is 3.75. The van der Waals surface area contributed by atoms with Gasteiger partial charge in [-0.25, -0.2) is 0 Å². The normalized spacial score (nSPS) is 25.7. The van der Waals surface area contributed by atoms with Gasteiger partial charge in [0.05, 0.1) is 18.9 Å². The molecule has 2 fully saturated rings. The van der Waals surface area contributed by atoms with E-state index in [0.29, 0.717) is 30.1 Å². The summed E-state index contributed by atoms with van der Waals surface area (Å²) >= 11 is 0. The zero-order valence-corrected chi connectivity index (χ0v) is 14.1. The minimum atomic E-state index is 0.282. The van der Waals surface area contributed by atoms with Crippen molar-refractivity contribution in [3.63, 3.8) is 0 Å². The van der Waals surface area contributed by atoms with E-state index in [1.807, 2.05) is 12.1 Å². The van der Waals surface area contributed by atoms with Gasteiger partial charge in [-0.1, -0.05) is 0 Å². The second-order valence-electron chi connectivity index (χ2n) is 6.66. The number of nitrogens with zero attached hydrogens (tertiary/aromatic N) is 4. The summed E-state index contributed by atoms with van der Waals surface area (Å²) in [7, 11) is 1.79. The van der Waals surface area contributed by atoms with Crippen molar-refractivity contribution in [2.24, 2.45) is 0 Å². The van der Waals surface area contributed by atoms with Gasteiger partial charge >= 0.3 is 0 Å². The molecule has 0 N–H and O–H groups in total. The molecule has 2 aromatic heterocycles. The Morgan fingerprint density at radius 2 is 2.17 bits per heavy atom. The molecule has 0 spiro atoms. The summed E-state index contributed by atoms with van der Waals surface area (Å²) in [5.41, 5.74) is 0. The van der Waals surface area contributed by atoms with Crippen LogP contribution in [0.1, 0.15) is 25.2 Å². The lowest BCUT2D eigenvalue weighted by Crippen LogP contribution is -2.39. The van der Waals surface area contributed by atoms with Crippen molar-refractivity contribution in [2.75, 3.05) is 33.3 Å². The maximum absolute atomic E-state index is 5.77. The molecule has 0 bridgehead atoms. The molecule has 7 heteroatoms. The summed E-state index contributed by atoms with van der Waals surface area (Å²) in [4.78, 5) is 4.96. The van der Waals surface area contributed by atoms with Crippen LogP contribution in [0.15, 0.2) is 27.2 Å². The number of likely N-dealkylation sites (tertiary alicyclic amines) is 2. The van der Waals surface area contributed by atoms with E-state index in [4.69, 9.17) is 13.6 Å². The SMILES string of the molecule is CO[C@H]1C[C@@H](CN2CCCC2)N(Cc2nnc(-c3ccco3)o2)C1. The first kappa shape index (κ1) is 15.8. The molecule has 4 heterocycles. The third-order valence-corrected chi connectivity index (χ3v) is 5.03. The van der Waals surface area contributed by atoms with Crippen LogP contribution in [-0.4, -0.2) is 65.4 Å². The molecule has 2 aliphatic heterocycles. The van der Waals surface area contributed by atoms with Crippen LogP contribution < -0.4 is 0 Å². The summed E-state index contributed by atoms with van der Waals surface area (Å²) in [6.45, 7) is 5.09. The van der Waals surface area contributed by atoms with Crippen LogP contribution in [0.2, 0.25) is 0 Å². The van der Waals surface area contributed by atoms with Crippen molar-refractivity contribution < 1.29 is 13.6 Å². The van der Waals surface area contributed by atoms with Crippen molar-refractivity contribution in [1.82, 2.24) is 20.0 Å². The van der Waals surface area contributed by atoms with E-state index in [0.717, 1.165) is 19.5 Å². The highest BCUT2D eigenvalue weighted by atomic mass is 16.5. The van der Waals surface area contributed by atoms with Gasteiger partial charge in [-0.3, -0.25) is 4.90 Å². The van der Waals surface area contributed by atoms with Gasteiger partial charge in [0.25, 0.3) is 5.89 Å². The van der Waals surface area contributed by atoms with E-state index in [9.17, 15) is 0 Å². The molecule has 2 aromatic rings. The first-order chi connectivity index (χ1) is 11.8. The number of methoxy groups -OCH3 is 1. The van der Waals surface area contributed by atoms with Crippen molar-refractivity contribution >= 4 is 0 Å². The van der Waals surface area contributed by atoms with Crippen LogP contribution in [-0.2, 0) is 11.3 Å². The van der Waals surface area contributed by atoms with Gasteiger partial charge in [0.1, 0.15) is 0 Å². The van der Waals surface area contributed by atoms with Gasteiger partial charge in [-0.05, 0) is 44.5 Å². The van der Waals surface area contributed by atoms with Gasteiger partial charge in [0.15, 0.2) is 5.76 Å². The standard InChI is InChI=1S/C17H24N4O3/c1-22-14-9-13(10-20-6-2-3-7-20)21(11-14)12-16-18-19-17(24-16)15-5-4-8-23-15/h4-5,8,13-14H,2-3,6-7,9-12H2,1H3/t13-,14-/m0/s1. The highest BCUT2D eigenvalue weighted by molar-refractivity contribution is 5.42. The molecule has 0 saturated carbocycles. The Labute approximate surface area is 141 Å². The lowest BCUT2D eigenvalue weighted by atomic mass is 10.2. The molecule has 0 aliphatic carbocycles. The molecule has 2 saturated heterocycles. The molecule has 4 rings (SSSR count). The summed E-state index contributed by atoms with van der Waals surface area (Å²) in [6, 6.07) is 4.12. The minimum Gasteiger partial charge on any atom is -0.459 e. The molecular weight excluding hydrogens is 308 g/mol. The summed E-state index contributed by atoms with van der Waals surface area (Å²) < 4.78 is 16.7. The van der Waals surface area contributed by atoms with Crippen LogP contribution in [0.25, 0.3) is 11.7 Å². The Morgan fingerprint density at radius 3 is 2.92 bits per heavy atom. The van der Waals surface area contributed by atoms with Crippen LogP contribution in [0, 0.1) is 0 Å². The zero-order chi connectivity index (χ0) is 16.4. The maximum atomic E-state index is 5.77. The van der Waals surface area contributed by atoms with Crippen LogP contribution in [0.4, 0.5) is 0 Å². The minimum absolute atomic E-state index is 0.282. The molecule has 0 amide bonds. The maximum Gasteiger partial charge on any atom is 0.283 e. The Hall–Kier alpha value is -1.70. The third-order valence-electron chi connectivity index (χ3n) is 5.03. The molecule has 24 heavy (non-hydrogen) atoms.